The molecule has 0 aromatic heterocycles. The lowest BCUT2D eigenvalue weighted by atomic mass is 9.87. The van der Waals surface area contributed by atoms with Crippen molar-refractivity contribution in [1.29, 1.82) is 0 Å². The van der Waals surface area contributed by atoms with Crippen LogP contribution in [0.25, 0.3) is 0 Å². The summed E-state index contributed by atoms with van der Waals surface area (Å²) in [4.78, 5) is 14.7. The van der Waals surface area contributed by atoms with E-state index < -0.39 is 10.0 Å². The Kier molecular flexibility index (Phi) is 5.53. The molecule has 2 aromatic carbocycles. The lowest BCUT2D eigenvalue weighted by Crippen LogP contribution is -2.31. The van der Waals surface area contributed by atoms with Gasteiger partial charge in [-0.15, -0.1) is 0 Å². The summed E-state index contributed by atoms with van der Waals surface area (Å²) in [6.45, 7) is 7.03. The van der Waals surface area contributed by atoms with Crippen molar-refractivity contribution in [2.75, 3.05) is 15.9 Å². The fraction of sp³-hybridized carbons (Fsp3) is 0.409. The third-order valence-corrected chi connectivity index (χ3v) is 5.44. The van der Waals surface area contributed by atoms with Gasteiger partial charge in [-0.1, -0.05) is 45.0 Å². The van der Waals surface area contributed by atoms with Crippen LogP contribution in [0.5, 0.6) is 0 Å². The van der Waals surface area contributed by atoms with E-state index in [-0.39, 0.29) is 17.2 Å². The summed E-state index contributed by atoms with van der Waals surface area (Å²) in [5, 5.41) is 0. The predicted octanol–water partition coefficient (Wildman–Crippen LogP) is 4.30. The first-order chi connectivity index (χ1) is 13.0. The van der Waals surface area contributed by atoms with Crippen LogP contribution in [0.3, 0.4) is 0 Å². The van der Waals surface area contributed by atoms with E-state index in [1.54, 1.807) is 29.2 Å². The molecule has 0 atom stereocenters. The summed E-state index contributed by atoms with van der Waals surface area (Å²) in [6, 6.07) is 15.3. The highest BCUT2D eigenvalue weighted by Gasteiger charge is 2.34. The molecule has 1 amide bonds. The highest BCUT2D eigenvalue weighted by Crippen LogP contribution is 2.34. The molecule has 6 heteroatoms. The average Bonchev–Trinajstić information content (AvgIpc) is 3.43. The maximum Gasteiger partial charge on any atom is 0.230 e. The molecule has 5 nitrogen and oxygen atoms in total. The Bertz CT molecular complexity index is 939. The van der Waals surface area contributed by atoms with Gasteiger partial charge in [0.1, 0.15) is 0 Å². The molecule has 0 spiro atoms. The lowest BCUT2D eigenvalue weighted by Gasteiger charge is -2.24. The minimum absolute atomic E-state index is 0.0878. The van der Waals surface area contributed by atoms with Crippen molar-refractivity contribution in [3.8, 4) is 0 Å². The number of hydrogen-bond donors (Lipinski definition) is 1. The van der Waals surface area contributed by atoms with E-state index >= 15 is 0 Å². The first kappa shape index (κ1) is 20.4. The van der Waals surface area contributed by atoms with E-state index in [2.05, 4.69) is 49.8 Å². The smallest absolute Gasteiger partial charge is 0.230 e. The van der Waals surface area contributed by atoms with E-state index in [1.807, 2.05) is 0 Å². The van der Waals surface area contributed by atoms with Gasteiger partial charge in [0.25, 0.3) is 0 Å². The van der Waals surface area contributed by atoms with Crippen molar-refractivity contribution >= 4 is 27.3 Å². The Morgan fingerprint density at radius 3 is 2.07 bits per heavy atom. The van der Waals surface area contributed by atoms with Crippen molar-refractivity contribution < 1.29 is 13.2 Å². The number of amides is 1. The van der Waals surface area contributed by atoms with Crippen molar-refractivity contribution in [2.45, 2.75) is 45.6 Å². The number of carbonyl (C=O) groups excluding carboxylic acids is 1. The summed E-state index contributed by atoms with van der Waals surface area (Å²) < 4.78 is 25.2. The summed E-state index contributed by atoms with van der Waals surface area (Å²) in [6.07, 6.45) is 2.99. The number of nitrogens with one attached hydrogen (secondary N) is 1. The van der Waals surface area contributed by atoms with Crippen molar-refractivity contribution in [3.05, 3.63) is 59.7 Å². The Balaban J connectivity index is 1.82. The number of carbonyl (C=O) groups is 1. The van der Waals surface area contributed by atoms with Crippen molar-refractivity contribution in [3.63, 3.8) is 0 Å². The summed E-state index contributed by atoms with van der Waals surface area (Å²) in [7, 11) is -3.33. The van der Waals surface area contributed by atoms with E-state index in [0.29, 0.717) is 12.2 Å². The maximum absolute atomic E-state index is 12.9. The summed E-state index contributed by atoms with van der Waals surface area (Å²) in [5.74, 6) is 0.228. The average molecular weight is 401 g/mol. The first-order valence-electron chi connectivity index (χ1n) is 9.51. The fourth-order valence-electron chi connectivity index (χ4n) is 3.06. The Morgan fingerprint density at radius 2 is 1.61 bits per heavy atom. The molecular weight excluding hydrogens is 372 g/mol. The highest BCUT2D eigenvalue weighted by molar-refractivity contribution is 7.92. The van der Waals surface area contributed by atoms with Crippen LogP contribution < -0.4 is 9.62 Å². The van der Waals surface area contributed by atoms with Gasteiger partial charge < -0.3 is 4.90 Å². The molecule has 3 rings (SSSR count). The molecule has 0 radical (unpaired) electrons. The molecule has 1 N–H and O–H groups in total. The molecular formula is C22H28N2O3S. The van der Waals surface area contributed by atoms with Crippen LogP contribution in [0.15, 0.2) is 48.5 Å². The zero-order valence-corrected chi connectivity index (χ0v) is 17.7. The largest absolute Gasteiger partial charge is 0.308 e. The molecule has 28 heavy (non-hydrogen) atoms. The monoisotopic (exact) mass is 400 g/mol. The second kappa shape index (κ2) is 7.59. The van der Waals surface area contributed by atoms with Gasteiger partial charge in [0.05, 0.1) is 12.8 Å². The molecule has 0 bridgehead atoms. The standard InChI is InChI=1S/C22H28N2O3S/c1-22(2,3)18-9-5-16(6-10-18)15-24(21(25)17-7-8-17)20-13-11-19(12-14-20)23-28(4,26)27/h5-6,9-14,17,23H,7-8,15H2,1-4H3. The maximum atomic E-state index is 12.9. The number of rotatable bonds is 6. The number of anilines is 2. The SMILES string of the molecule is CC(C)(C)c1ccc(CN(C(=O)C2CC2)c2ccc(NS(C)(=O)=O)cc2)cc1. The van der Waals surface area contributed by atoms with Gasteiger partial charge in [0.15, 0.2) is 0 Å². The predicted molar refractivity (Wildman–Crippen MR) is 114 cm³/mol. The van der Waals surface area contributed by atoms with Gasteiger partial charge in [-0.3, -0.25) is 9.52 Å². The zero-order chi connectivity index (χ0) is 20.5. The number of hydrogen-bond acceptors (Lipinski definition) is 3. The van der Waals surface area contributed by atoms with Crippen molar-refractivity contribution in [1.82, 2.24) is 0 Å². The topological polar surface area (TPSA) is 66.5 Å². The summed E-state index contributed by atoms with van der Waals surface area (Å²) >= 11 is 0. The minimum Gasteiger partial charge on any atom is -0.308 e. The second-order valence-electron chi connectivity index (χ2n) is 8.57. The van der Waals surface area contributed by atoms with E-state index in [9.17, 15) is 13.2 Å². The lowest BCUT2D eigenvalue weighted by molar-refractivity contribution is -0.119. The van der Waals surface area contributed by atoms with E-state index in [1.165, 1.54) is 5.56 Å². The molecule has 1 saturated carbocycles. The third-order valence-electron chi connectivity index (χ3n) is 4.84. The highest BCUT2D eigenvalue weighted by atomic mass is 32.2. The third kappa shape index (κ3) is 5.35. The molecule has 0 heterocycles. The summed E-state index contributed by atoms with van der Waals surface area (Å²) in [5.41, 5.74) is 3.67. The van der Waals surface area contributed by atoms with Crippen LogP contribution in [0, 0.1) is 5.92 Å². The molecule has 0 saturated heterocycles. The van der Waals surface area contributed by atoms with Crippen LogP contribution in [0.2, 0.25) is 0 Å². The number of sulfonamides is 1. The Morgan fingerprint density at radius 1 is 1.04 bits per heavy atom. The first-order valence-corrected chi connectivity index (χ1v) is 11.4. The van der Waals surface area contributed by atoms with E-state index in [0.717, 1.165) is 30.3 Å². The fourth-order valence-corrected chi connectivity index (χ4v) is 3.63. The normalized spacial score (nSPS) is 14.6. The number of nitrogens with zero attached hydrogens (tertiary/aromatic N) is 1. The van der Waals surface area contributed by atoms with Crippen molar-refractivity contribution in [2.24, 2.45) is 5.92 Å². The molecule has 1 aliphatic carbocycles. The van der Waals surface area contributed by atoms with Crippen LogP contribution in [-0.2, 0) is 26.8 Å². The molecule has 0 aliphatic heterocycles. The Hall–Kier alpha value is -2.34. The van der Waals surface area contributed by atoms with E-state index in [4.69, 9.17) is 0 Å². The quantitative estimate of drug-likeness (QED) is 0.786. The zero-order valence-electron chi connectivity index (χ0n) is 16.9. The molecule has 0 unspecified atom stereocenters. The van der Waals surface area contributed by atoms with Crippen LogP contribution >= 0.6 is 0 Å². The van der Waals surface area contributed by atoms with Gasteiger partial charge in [-0.2, -0.15) is 0 Å². The van der Waals surface area contributed by atoms with Gasteiger partial charge in [-0.05, 0) is 53.6 Å². The van der Waals surface area contributed by atoms with Gasteiger partial charge in [0.2, 0.25) is 15.9 Å². The van der Waals surface area contributed by atoms with Crippen LogP contribution in [0.4, 0.5) is 11.4 Å². The van der Waals surface area contributed by atoms with Crippen LogP contribution in [-0.4, -0.2) is 20.6 Å². The molecule has 1 fully saturated rings. The Labute approximate surface area is 167 Å². The molecule has 2 aromatic rings. The molecule has 1 aliphatic rings. The second-order valence-corrected chi connectivity index (χ2v) is 10.3. The van der Waals surface area contributed by atoms with Gasteiger partial charge >= 0.3 is 0 Å². The number of benzene rings is 2. The van der Waals surface area contributed by atoms with Gasteiger partial charge in [0, 0.05) is 17.3 Å². The van der Waals surface area contributed by atoms with Crippen LogP contribution in [0.1, 0.15) is 44.7 Å². The minimum atomic E-state index is -3.33. The van der Waals surface area contributed by atoms with Gasteiger partial charge in [-0.25, -0.2) is 8.42 Å². The molecule has 150 valence electrons.